The summed E-state index contributed by atoms with van der Waals surface area (Å²) < 4.78 is 29.2. The summed E-state index contributed by atoms with van der Waals surface area (Å²) >= 11 is 5.92. The molecule has 2 nitrogen and oxygen atoms in total. The van der Waals surface area contributed by atoms with E-state index in [2.05, 4.69) is 11.9 Å². The zero-order chi connectivity index (χ0) is 13.6. The van der Waals surface area contributed by atoms with Crippen LogP contribution in [-0.2, 0) is 5.88 Å². The summed E-state index contributed by atoms with van der Waals surface area (Å²) in [5.74, 6) is 0.119. The number of alkyl halides is 1. The predicted molar refractivity (Wildman–Crippen MR) is 71.3 cm³/mol. The Hall–Kier alpha value is -1.16. The Labute approximate surface area is 115 Å². The lowest BCUT2D eigenvalue weighted by Gasteiger charge is -2.20. The van der Waals surface area contributed by atoms with Crippen molar-refractivity contribution in [2.24, 2.45) is 5.92 Å². The highest BCUT2D eigenvalue weighted by Crippen LogP contribution is 2.39. The zero-order valence-electron chi connectivity index (χ0n) is 10.7. The molecule has 0 N–H and O–H groups in total. The SMILES string of the molecule is CC1CCCC1n1c(CCl)nc2c(F)cc(F)cc21. The van der Waals surface area contributed by atoms with Crippen molar-refractivity contribution in [3.05, 3.63) is 29.6 Å². The number of hydrogen-bond donors (Lipinski definition) is 0. The van der Waals surface area contributed by atoms with Crippen molar-refractivity contribution in [2.75, 3.05) is 0 Å². The van der Waals surface area contributed by atoms with E-state index >= 15 is 0 Å². The second-order valence-electron chi connectivity index (χ2n) is 5.26. The maximum Gasteiger partial charge on any atom is 0.153 e. The first kappa shape index (κ1) is 12.9. The maximum absolute atomic E-state index is 13.8. The fraction of sp³-hybridized carbons (Fsp3) is 0.500. The number of imidazole rings is 1. The van der Waals surface area contributed by atoms with Gasteiger partial charge in [-0.3, -0.25) is 0 Å². The highest BCUT2D eigenvalue weighted by molar-refractivity contribution is 6.16. The lowest BCUT2D eigenvalue weighted by Crippen LogP contribution is -2.14. The predicted octanol–water partition coefficient (Wildman–Crippen LogP) is 4.41. The highest BCUT2D eigenvalue weighted by Gasteiger charge is 2.29. The zero-order valence-corrected chi connectivity index (χ0v) is 11.4. The molecule has 0 bridgehead atoms. The minimum atomic E-state index is -0.620. The molecule has 2 atom stereocenters. The molecule has 0 amide bonds. The molecule has 1 fully saturated rings. The van der Waals surface area contributed by atoms with Crippen LogP contribution in [0.2, 0.25) is 0 Å². The van der Waals surface area contributed by atoms with E-state index in [0.717, 1.165) is 25.3 Å². The number of rotatable bonds is 2. The van der Waals surface area contributed by atoms with Gasteiger partial charge in [0.1, 0.15) is 17.2 Å². The first-order valence-electron chi connectivity index (χ1n) is 6.53. The first-order valence-corrected chi connectivity index (χ1v) is 7.07. The summed E-state index contributed by atoms with van der Waals surface area (Å²) in [5, 5.41) is 0. The van der Waals surface area contributed by atoms with E-state index in [1.165, 1.54) is 6.07 Å². The molecule has 0 radical (unpaired) electrons. The number of hydrogen-bond acceptors (Lipinski definition) is 1. The average Bonchev–Trinajstić information content (AvgIpc) is 2.92. The van der Waals surface area contributed by atoms with Crippen molar-refractivity contribution < 1.29 is 8.78 Å². The molecule has 1 aliphatic carbocycles. The molecule has 0 saturated heterocycles. The Morgan fingerprint density at radius 3 is 2.79 bits per heavy atom. The molecule has 1 heterocycles. The topological polar surface area (TPSA) is 17.8 Å². The molecule has 1 aliphatic rings. The molecule has 2 aromatic rings. The second kappa shape index (κ2) is 4.75. The number of aromatic nitrogens is 2. The third-order valence-electron chi connectivity index (χ3n) is 4.05. The van der Waals surface area contributed by atoms with Gasteiger partial charge in [-0.2, -0.15) is 0 Å². The molecule has 1 saturated carbocycles. The van der Waals surface area contributed by atoms with Crippen LogP contribution >= 0.6 is 11.6 Å². The number of nitrogens with zero attached hydrogens (tertiary/aromatic N) is 2. The van der Waals surface area contributed by atoms with Gasteiger partial charge in [-0.1, -0.05) is 13.3 Å². The van der Waals surface area contributed by atoms with Crippen molar-refractivity contribution >= 4 is 22.6 Å². The van der Waals surface area contributed by atoms with E-state index in [0.29, 0.717) is 17.3 Å². The smallest absolute Gasteiger partial charge is 0.153 e. The summed E-state index contributed by atoms with van der Waals surface area (Å²) in [5.41, 5.74) is 0.739. The van der Waals surface area contributed by atoms with Crippen LogP contribution in [0.4, 0.5) is 8.78 Å². The van der Waals surface area contributed by atoms with E-state index in [4.69, 9.17) is 11.6 Å². The van der Waals surface area contributed by atoms with Crippen LogP contribution in [0.25, 0.3) is 11.0 Å². The average molecular weight is 285 g/mol. The number of fused-ring (bicyclic) bond motifs is 1. The first-order chi connectivity index (χ1) is 9.11. The molecule has 3 rings (SSSR count). The highest BCUT2D eigenvalue weighted by atomic mass is 35.5. The van der Waals surface area contributed by atoms with Crippen LogP contribution in [-0.4, -0.2) is 9.55 Å². The van der Waals surface area contributed by atoms with Gasteiger partial charge in [0.05, 0.1) is 11.4 Å². The molecular formula is C14H15ClF2N2. The Balaban J connectivity index is 2.26. The standard InChI is InChI=1S/C14H15ClF2N2/c1-8-3-2-4-11(8)19-12-6-9(16)5-10(17)14(12)18-13(19)7-15/h5-6,8,11H,2-4,7H2,1H3. The summed E-state index contributed by atoms with van der Waals surface area (Å²) in [7, 11) is 0. The van der Waals surface area contributed by atoms with E-state index in [1.54, 1.807) is 0 Å². The van der Waals surface area contributed by atoms with E-state index in [9.17, 15) is 8.78 Å². The molecule has 1 aromatic heterocycles. The fourth-order valence-corrected chi connectivity index (χ4v) is 3.33. The van der Waals surface area contributed by atoms with Gasteiger partial charge in [0, 0.05) is 12.1 Å². The minimum Gasteiger partial charge on any atom is -0.323 e. The van der Waals surface area contributed by atoms with Gasteiger partial charge >= 0.3 is 0 Å². The second-order valence-corrected chi connectivity index (χ2v) is 5.53. The molecule has 1 aromatic carbocycles. The normalized spacial score (nSPS) is 23.4. The third-order valence-corrected chi connectivity index (χ3v) is 4.29. The van der Waals surface area contributed by atoms with Gasteiger partial charge < -0.3 is 4.57 Å². The van der Waals surface area contributed by atoms with Crippen LogP contribution in [0.1, 0.15) is 38.1 Å². The van der Waals surface area contributed by atoms with E-state index in [1.807, 2.05) is 4.57 Å². The van der Waals surface area contributed by atoms with Gasteiger partial charge in [-0.05, 0) is 24.8 Å². The molecular weight excluding hydrogens is 270 g/mol. The lowest BCUT2D eigenvalue weighted by molar-refractivity contribution is 0.408. The van der Waals surface area contributed by atoms with Gasteiger partial charge in [0.25, 0.3) is 0 Å². The molecule has 0 spiro atoms. The number of halogens is 3. The Kier molecular flexibility index (Phi) is 3.21. The molecule has 0 aliphatic heterocycles. The summed E-state index contributed by atoms with van der Waals surface area (Å²) in [6.45, 7) is 2.16. The van der Waals surface area contributed by atoms with E-state index in [-0.39, 0.29) is 17.4 Å². The number of benzene rings is 1. The fourth-order valence-electron chi connectivity index (χ4n) is 3.14. The van der Waals surface area contributed by atoms with Crippen molar-refractivity contribution in [1.82, 2.24) is 9.55 Å². The van der Waals surface area contributed by atoms with Crippen molar-refractivity contribution in [3.8, 4) is 0 Å². The largest absolute Gasteiger partial charge is 0.323 e. The van der Waals surface area contributed by atoms with Crippen molar-refractivity contribution in [3.63, 3.8) is 0 Å². The van der Waals surface area contributed by atoms with Crippen molar-refractivity contribution in [2.45, 2.75) is 38.1 Å². The third kappa shape index (κ3) is 2.02. The van der Waals surface area contributed by atoms with Gasteiger partial charge in [0.2, 0.25) is 0 Å². The summed E-state index contributed by atoms with van der Waals surface area (Å²) in [6.07, 6.45) is 3.27. The van der Waals surface area contributed by atoms with Crippen LogP contribution in [0.5, 0.6) is 0 Å². The van der Waals surface area contributed by atoms with E-state index < -0.39 is 11.6 Å². The Bertz CT molecular complexity index is 623. The van der Waals surface area contributed by atoms with Gasteiger partial charge in [-0.15, -0.1) is 11.6 Å². The monoisotopic (exact) mass is 284 g/mol. The Morgan fingerprint density at radius 1 is 1.37 bits per heavy atom. The lowest BCUT2D eigenvalue weighted by atomic mass is 10.1. The quantitative estimate of drug-likeness (QED) is 0.747. The molecule has 2 unspecified atom stereocenters. The van der Waals surface area contributed by atoms with Crippen LogP contribution in [0.3, 0.4) is 0 Å². The van der Waals surface area contributed by atoms with Gasteiger partial charge in [-0.25, -0.2) is 13.8 Å². The minimum absolute atomic E-state index is 0.207. The maximum atomic E-state index is 13.8. The van der Waals surface area contributed by atoms with Crippen LogP contribution in [0.15, 0.2) is 12.1 Å². The molecule has 5 heteroatoms. The Morgan fingerprint density at radius 2 is 2.16 bits per heavy atom. The van der Waals surface area contributed by atoms with Gasteiger partial charge in [0.15, 0.2) is 5.82 Å². The van der Waals surface area contributed by atoms with Crippen LogP contribution < -0.4 is 0 Å². The molecule has 19 heavy (non-hydrogen) atoms. The molecule has 102 valence electrons. The summed E-state index contributed by atoms with van der Waals surface area (Å²) in [4.78, 5) is 4.24. The summed E-state index contributed by atoms with van der Waals surface area (Å²) in [6, 6.07) is 2.46. The van der Waals surface area contributed by atoms with Crippen molar-refractivity contribution in [1.29, 1.82) is 0 Å². The van der Waals surface area contributed by atoms with Crippen LogP contribution in [0, 0.1) is 17.6 Å².